The van der Waals surface area contributed by atoms with Gasteiger partial charge in [0.05, 0.1) is 37.0 Å². The van der Waals surface area contributed by atoms with E-state index in [-0.39, 0.29) is 34.4 Å². The minimum atomic E-state index is -0.539. The zero-order valence-electron chi connectivity index (χ0n) is 21.1. The second-order valence-electron chi connectivity index (χ2n) is 9.02. The Bertz CT molecular complexity index is 1630. The Labute approximate surface area is 223 Å². The topological polar surface area (TPSA) is 138 Å². The van der Waals surface area contributed by atoms with E-state index in [1.807, 2.05) is 13.0 Å². The third-order valence-corrected chi connectivity index (χ3v) is 6.50. The van der Waals surface area contributed by atoms with E-state index in [9.17, 15) is 24.8 Å². The number of nitriles is 1. The number of nitrogens with one attached hydrogen (secondary N) is 1. The van der Waals surface area contributed by atoms with Crippen molar-refractivity contribution in [2.24, 2.45) is 0 Å². The molecule has 0 radical (unpaired) electrons. The number of fused-ring (bicyclic) bond motifs is 1. The molecular weight excluding hydrogens is 498 g/mol. The number of nitrogens with zero attached hydrogens (tertiary/aromatic N) is 4. The lowest BCUT2D eigenvalue weighted by Gasteiger charge is -2.34. The standard InChI is InChI=1S/C29H23N5O5/c1-17-16-33-26(24(15-31-33)28(37)32-21-7-12-25(39-2)20(13-21)14-30)29(38)34(17)22-8-3-18(4-9-22)27(36)19-5-10-23(35)11-6-19/h3-13,15,17,35H,16H2,1-2H3,(H,32,37)/t17-/m0/s1. The van der Waals surface area contributed by atoms with Gasteiger partial charge in [0.15, 0.2) is 5.78 Å². The van der Waals surface area contributed by atoms with E-state index in [2.05, 4.69) is 10.4 Å². The maximum atomic E-state index is 13.7. The van der Waals surface area contributed by atoms with Gasteiger partial charge >= 0.3 is 0 Å². The normalized spacial score (nSPS) is 14.3. The molecule has 0 saturated heterocycles. The largest absolute Gasteiger partial charge is 0.508 e. The molecule has 1 aliphatic rings. The average Bonchev–Trinajstić information content (AvgIpc) is 3.37. The number of benzene rings is 3. The van der Waals surface area contributed by atoms with Crippen LogP contribution in [0.3, 0.4) is 0 Å². The van der Waals surface area contributed by atoms with Crippen LogP contribution in [0.25, 0.3) is 0 Å². The molecule has 4 aromatic rings. The van der Waals surface area contributed by atoms with E-state index in [1.165, 1.54) is 36.2 Å². The molecule has 2 amide bonds. The number of phenols is 1. The van der Waals surface area contributed by atoms with Crippen molar-refractivity contribution >= 4 is 29.0 Å². The zero-order valence-corrected chi connectivity index (χ0v) is 21.1. The molecular formula is C29H23N5O5. The third-order valence-electron chi connectivity index (χ3n) is 6.50. The van der Waals surface area contributed by atoms with Gasteiger partial charge in [0.25, 0.3) is 11.8 Å². The maximum Gasteiger partial charge on any atom is 0.277 e. The number of phenolic OH excluding ortho intramolecular Hbond substituents is 1. The SMILES string of the molecule is COc1ccc(NC(=O)c2cnn3c2C(=O)N(c2ccc(C(=O)c4ccc(O)cc4)cc2)[C@@H](C)C3)cc1C#N. The molecule has 10 heteroatoms. The smallest absolute Gasteiger partial charge is 0.277 e. The molecule has 0 aliphatic carbocycles. The summed E-state index contributed by atoms with van der Waals surface area (Å²) in [5, 5.41) is 25.8. The number of methoxy groups -OCH3 is 1. The fourth-order valence-corrected chi connectivity index (χ4v) is 4.56. The Hall–Kier alpha value is -5.43. The van der Waals surface area contributed by atoms with E-state index in [1.54, 1.807) is 53.4 Å². The number of amides is 2. The lowest BCUT2D eigenvalue weighted by Crippen LogP contribution is -2.47. The summed E-state index contributed by atoms with van der Waals surface area (Å²) >= 11 is 0. The Morgan fingerprint density at radius 3 is 2.38 bits per heavy atom. The molecule has 2 N–H and O–H groups in total. The van der Waals surface area contributed by atoms with Gasteiger partial charge in [0.1, 0.15) is 23.3 Å². The van der Waals surface area contributed by atoms with Crippen LogP contribution in [0.4, 0.5) is 11.4 Å². The molecule has 194 valence electrons. The van der Waals surface area contributed by atoms with Gasteiger partial charge in [0.2, 0.25) is 0 Å². The number of anilines is 2. The van der Waals surface area contributed by atoms with Crippen molar-refractivity contribution in [2.45, 2.75) is 19.5 Å². The summed E-state index contributed by atoms with van der Waals surface area (Å²) < 4.78 is 6.65. The minimum absolute atomic E-state index is 0.0719. The summed E-state index contributed by atoms with van der Waals surface area (Å²) in [4.78, 5) is 41.2. The molecule has 5 rings (SSSR count). The first-order valence-electron chi connectivity index (χ1n) is 12.0. The first-order valence-corrected chi connectivity index (χ1v) is 12.0. The van der Waals surface area contributed by atoms with Gasteiger partial charge in [-0.1, -0.05) is 0 Å². The molecule has 0 spiro atoms. The summed E-state index contributed by atoms with van der Waals surface area (Å²) in [6.45, 7) is 2.24. The van der Waals surface area contributed by atoms with Crippen molar-refractivity contribution in [3.63, 3.8) is 0 Å². The predicted molar refractivity (Wildman–Crippen MR) is 142 cm³/mol. The molecule has 0 bridgehead atoms. The molecule has 0 fully saturated rings. The Morgan fingerprint density at radius 2 is 1.74 bits per heavy atom. The predicted octanol–water partition coefficient (Wildman–Crippen LogP) is 4.00. The highest BCUT2D eigenvalue weighted by molar-refractivity contribution is 6.16. The molecule has 10 nitrogen and oxygen atoms in total. The molecule has 3 aromatic carbocycles. The summed E-state index contributed by atoms with van der Waals surface area (Å²) in [5.74, 6) is -0.698. The number of carbonyl (C=O) groups is 3. The van der Waals surface area contributed by atoms with Crippen LogP contribution >= 0.6 is 0 Å². The van der Waals surface area contributed by atoms with Crippen molar-refractivity contribution in [3.8, 4) is 17.6 Å². The second-order valence-corrected chi connectivity index (χ2v) is 9.02. The number of hydrogen-bond acceptors (Lipinski definition) is 7. The van der Waals surface area contributed by atoms with Gasteiger partial charge < -0.3 is 20.1 Å². The van der Waals surface area contributed by atoms with Gasteiger partial charge in [-0.25, -0.2) is 0 Å². The Balaban J connectivity index is 1.39. The van der Waals surface area contributed by atoms with E-state index in [4.69, 9.17) is 4.74 Å². The molecule has 2 heterocycles. The van der Waals surface area contributed by atoms with Crippen molar-refractivity contribution in [1.29, 1.82) is 5.26 Å². The highest BCUT2D eigenvalue weighted by atomic mass is 16.5. The van der Waals surface area contributed by atoms with Crippen LogP contribution in [0.5, 0.6) is 11.5 Å². The van der Waals surface area contributed by atoms with Crippen LogP contribution in [0.2, 0.25) is 0 Å². The molecule has 1 atom stereocenters. The summed E-state index contributed by atoms with van der Waals surface area (Å²) in [6, 6.07) is 19.1. The van der Waals surface area contributed by atoms with Gasteiger partial charge in [-0.3, -0.25) is 19.1 Å². The highest BCUT2D eigenvalue weighted by Gasteiger charge is 2.36. The van der Waals surface area contributed by atoms with Crippen LogP contribution in [0, 0.1) is 11.3 Å². The quantitative estimate of drug-likeness (QED) is 0.366. The lowest BCUT2D eigenvalue weighted by atomic mass is 10.0. The molecule has 1 aliphatic heterocycles. The van der Waals surface area contributed by atoms with Crippen LogP contribution in [0.1, 0.15) is 49.3 Å². The van der Waals surface area contributed by atoms with Crippen LogP contribution in [-0.2, 0) is 6.54 Å². The number of carbonyl (C=O) groups excluding carboxylic acids is 3. The van der Waals surface area contributed by atoms with Crippen LogP contribution in [0.15, 0.2) is 72.9 Å². The molecule has 0 unspecified atom stereocenters. The van der Waals surface area contributed by atoms with Crippen molar-refractivity contribution in [2.75, 3.05) is 17.3 Å². The average molecular weight is 522 g/mol. The number of aromatic nitrogens is 2. The minimum Gasteiger partial charge on any atom is -0.508 e. The van der Waals surface area contributed by atoms with E-state index < -0.39 is 11.8 Å². The van der Waals surface area contributed by atoms with Crippen LogP contribution in [-0.4, -0.2) is 45.6 Å². The van der Waals surface area contributed by atoms with Gasteiger partial charge in [0, 0.05) is 22.5 Å². The number of aromatic hydroxyl groups is 1. The summed E-state index contributed by atoms with van der Waals surface area (Å²) in [7, 11) is 1.45. The molecule has 0 saturated carbocycles. The maximum absolute atomic E-state index is 13.7. The van der Waals surface area contributed by atoms with Gasteiger partial charge in [-0.05, 0) is 73.7 Å². The first kappa shape index (κ1) is 25.2. The fourth-order valence-electron chi connectivity index (χ4n) is 4.56. The first-order chi connectivity index (χ1) is 18.8. The van der Waals surface area contributed by atoms with Gasteiger partial charge in [-0.2, -0.15) is 10.4 Å². The van der Waals surface area contributed by atoms with E-state index in [0.29, 0.717) is 34.8 Å². The number of rotatable bonds is 6. The summed E-state index contributed by atoms with van der Waals surface area (Å²) in [6.07, 6.45) is 1.35. The van der Waals surface area contributed by atoms with E-state index >= 15 is 0 Å². The van der Waals surface area contributed by atoms with Crippen LogP contribution < -0.4 is 15.0 Å². The number of ketones is 1. The van der Waals surface area contributed by atoms with Crippen molar-refractivity contribution < 1.29 is 24.2 Å². The van der Waals surface area contributed by atoms with E-state index in [0.717, 1.165) is 0 Å². The van der Waals surface area contributed by atoms with Crippen molar-refractivity contribution in [3.05, 3.63) is 101 Å². The Morgan fingerprint density at radius 1 is 1.08 bits per heavy atom. The second kappa shape index (κ2) is 10.1. The summed E-state index contributed by atoms with van der Waals surface area (Å²) in [5.41, 5.74) is 2.32. The molecule has 39 heavy (non-hydrogen) atoms. The van der Waals surface area contributed by atoms with Crippen molar-refractivity contribution in [1.82, 2.24) is 9.78 Å². The lowest BCUT2D eigenvalue weighted by molar-refractivity contribution is 0.0933. The Kier molecular flexibility index (Phi) is 6.56. The number of ether oxygens (including phenoxy) is 1. The number of hydrogen-bond donors (Lipinski definition) is 2. The third kappa shape index (κ3) is 4.69. The van der Waals surface area contributed by atoms with Gasteiger partial charge in [-0.15, -0.1) is 0 Å². The monoisotopic (exact) mass is 521 g/mol. The zero-order chi connectivity index (χ0) is 27.7. The highest BCUT2D eigenvalue weighted by Crippen LogP contribution is 2.28. The molecule has 1 aromatic heterocycles. The fraction of sp³-hybridized carbons (Fsp3) is 0.138.